The molecule has 3 saturated carbocycles. The summed E-state index contributed by atoms with van der Waals surface area (Å²) < 4.78 is 6.19. The zero-order valence-corrected chi connectivity index (χ0v) is 22.4. The van der Waals surface area contributed by atoms with Crippen LogP contribution in [0.3, 0.4) is 0 Å². The number of hydrogen-bond donors (Lipinski definition) is 2. The van der Waals surface area contributed by atoms with Gasteiger partial charge in [-0.3, -0.25) is 14.9 Å². The third-order valence-corrected chi connectivity index (χ3v) is 11.7. The minimum atomic E-state index is -0.720. The van der Waals surface area contributed by atoms with Gasteiger partial charge in [0, 0.05) is 36.3 Å². The van der Waals surface area contributed by atoms with Crippen molar-refractivity contribution in [3.05, 3.63) is 12.7 Å². The number of Topliss-reactive ketones (excluding diaryl/α,β-unsaturated/α-hetero) is 1. The Labute approximate surface area is 215 Å². The predicted octanol–water partition coefficient (Wildman–Crippen LogP) is 3.94. The molecule has 200 valence electrons. The number of piperidine rings is 1. The molecule has 3 aliphatic carbocycles. The lowest BCUT2D eigenvalue weighted by Crippen LogP contribution is -2.63. The fourth-order valence-corrected chi connectivity index (χ4v) is 9.32. The van der Waals surface area contributed by atoms with Crippen LogP contribution in [-0.4, -0.2) is 59.6 Å². The van der Waals surface area contributed by atoms with Crippen molar-refractivity contribution in [1.82, 2.24) is 10.2 Å². The molecule has 0 spiro atoms. The minimum Gasteiger partial charge on any atom is -0.445 e. The van der Waals surface area contributed by atoms with Gasteiger partial charge >= 0.3 is 6.09 Å². The number of ether oxygens (including phenoxy) is 1. The maximum absolute atomic E-state index is 13.5. The maximum Gasteiger partial charge on any atom is 0.414 e. The van der Waals surface area contributed by atoms with Crippen LogP contribution in [-0.2, 0) is 14.3 Å². The monoisotopic (exact) mass is 500 g/mol. The van der Waals surface area contributed by atoms with Gasteiger partial charge in [0.2, 0.25) is 5.91 Å². The van der Waals surface area contributed by atoms with E-state index in [2.05, 4.69) is 44.5 Å². The first kappa shape index (κ1) is 25.9. The Balaban J connectivity index is 1.47. The number of fused-ring (bicyclic) bond motifs is 2. The molecule has 36 heavy (non-hydrogen) atoms. The van der Waals surface area contributed by atoms with Crippen LogP contribution in [0.4, 0.5) is 4.79 Å². The van der Waals surface area contributed by atoms with E-state index in [4.69, 9.17) is 4.74 Å². The second kappa shape index (κ2) is 8.93. The topological polar surface area (TPSA) is 95.9 Å². The van der Waals surface area contributed by atoms with Crippen molar-refractivity contribution in [2.45, 2.75) is 84.8 Å². The quantitative estimate of drug-likeness (QED) is 0.568. The Bertz CT molecular complexity index is 952. The van der Waals surface area contributed by atoms with Gasteiger partial charge in [0.15, 0.2) is 0 Å². The molecule has 2 saturated heterocycles. The molecule has 5 aliphatic rings. The van der Waals surface area contributed by atoms with Crippen molar-refractivity contribution >= 4 is 17.8 Å². The number of rotatable bonds is 4. The molecule has 2 heterocycles. The van der Waals surface area contributed by atoms with Crippen LogP contribution in [0.2, 0.25) is 0 Å². The number of aliphatic hydroxyl groups excluding tert-OH is 1. The predicted molar refractivity (Wildman–Crippen MR) is 136 cm³/mol. The van der Waals surface area contributed by atoms with Crippen LogP contribution < -0.4 is 5.32 Å². The van der Waals surface area contributed by atoms with E-state index in [1.54, 1.807) is 0 Å². The lowest BCUT2D eigenvalue weighted by molar-refractivity contribution is -0.197. The Morgan fingerprint density at radius 2 is 1.97 bits per heavy atom. The summed E-state index contributed by atoms with van der Waals surface area (Å²) in [4.78, 5) is 42.0. The standard InChI is InChI=1S/C29H44N2O5/c1-6-10-27(4)14-22(36-26(35)30-25(34)20-16-31-13-9-19(20)15-31)28(5)17(2)7-11-29(18(3)24(27)33)12-8-21(32)23(28)29/h6,17-20,22-24,33H,1,7-16H2,2-5H3,(H,30,34,35)/t17-,18+,19-,20+,22-,23?,24+,27-,28+,29?/m1/s1. The highest BCUT2D eigenvalue weighted by Crippen LogP contribution is 2.68. The maximum atomic E-state index is 13.5. The second-order valence-electron chi connectivity index (χ2n) is 13.3. The van der Waals surface area contributed by atoms with E-state index in [0.717, 1.165) is 38.8 Å². The molecule has 5 rings (SSSR count). The smallest absolute Gasteiger partial charge is 0.414 e. The first-order chi connectivity index (χ1) is 17.0. The van der Waals surface area contributed by atoms with Gasteiger partial charge in [0.1, 0.15) is 11.9 Å². The number of hydrogen-bond acceptors (Lipinski definition) is 6. The fourth-order valence-electron chi connectivity index (χ4n) is 9.32. The van der Waals surface area contributed by atoms with Crippen molar-refractivity contribution in [1.29, 1.82) is 0 Å². The molecule has 3 unspecified atom stereocenters. The molecule has 2 aliphatic heterocycles. The Morgan fingerprint density at radius 3 is 2.61 bits per heavy atom. The van der Waals surface area contributed by atoms with Crippen LogP contribution in [0.1, 0.15) is 72.6 Å². The van der Waals surface area contributed by atoms with E-state index < -0.39 is 29.1 Å². The zero-order chi connectivity index (χ0) is 26.0. The summed E-state index contributed by atoms with van der Waals surface area (Å²) in [6, 6.07) is 0. The van der Waals surface area contributed by atoms with E-state index >= 15 is 0 Å². The van der Waals surface area contributed by atoms with Crippen LogP contribution >= 0.6 is 0 Å². The molecule has 11 atom stereocenters. The Morgan fingerprint density at radius 1 is 1.22 bits per heavy atom. The molecule has 7 nitrogen and oxygen atoms in total. The molecular formula is C29H44N2O5. The first-order valence-corrected chi connectivity index (χ1v) is 14.0. The van der Waals surface area contributed by atoms with Crippen LogP contribution in [0.5, 0.6) is 0 Å². The van der Waals surface area contributed by atoms with Crippen molar-refractivity contribution in [3.63, 3.8) is 0 Å². The highest BCUT2D eigenvalue weighted by molar-refractivity contribution is 5.93. The van der Waals surface area contributed by atoms with Crippen molar-refractivity contribution in [3.8, 4) is 0 Å². The lowest BCUT2D eigenvalue weighted by atomic mass is 9.43. The third-order valence-electron chi connectivity index (χ3n) is 11.7. The largest absolute Gasteiger partial charge is 0.445 e. The first-order valence-electron chi connectivity index (χ1n) is 14.0. The number of ketones is 1. The molecule has 5 fully saturated rings. The fraction of sp³-hybridized carbons (Fsp3) is 0.828. The summed E-state index contributed by atoms with van der Waals surface area (Å²) >= 11 is 0. The summed E-state index contributed by atoms with van der Waals surface area (Å²) in [6.45, 7) is 15.1. The number of carbonyl (C=O) groups is 3. The number of aliphatic hydroxyl groups is 1. The van der Waals surface area contributed by atoms with Gasteiger partial charge in [-0.2, -0.15) is 0 Å². The summed E-state index contributed by atoms with van der Waals surface area (Å²) in [6.07, 6.45) is 4.98. The molecule has 0 aromatic heterocycles. The SMILES string of the molecule is C=CC[C@]1(C)C[C@@H](OC(=O)NC(=O)[C@H]2CN3CC[C@@H]2C3)[C@@]2(C)C3C(=O)CCC3(CC[C@H]2C)[C@@H](C)[C@@H]1O. The Hall–Kier alpha value is -1.73. The van der Waals surface area contributed by atoms with Crippen LogP contribution in [0, 0.1) is 45.8 Å². The van der Waals surface area contributed by atoms with Gasteiger partial charge in [-0.25, -0.2) is 4.79 Å². The van der Waals surface area contributed by atoms with Crippen molar-refractivity contribution < 1.29 is 24.2 Å². The highest BCUT2D eigenvalue weighted by atomic mass is 16.6. The molecule has 7 heteroatoms. The summed E-state index contributed by atoms with van der Waals surface area (Å²) in [5.41, 5.74) is -1.43. The summed E-state index contributed by atoms with van der Waals surface area (Å²) in [5, 5.41) is 14.3. The van der Waals surface area contributed by atoms with Gasteiger partial charge in [0.05, 0.1) is 12.0 Å². The van der Waals surface area contributed by atoms with Crippen molar-refractivity contribution in [2.24, 2.45) is 45.8 Å². The number of alkyl carbamates (subject to hydrolysis) is 1. The lowest BCUT2D eigenvalue weighted by Gasteiger charge is -2.62. The molecule has 0 aromatic rings. The number of amides is 2. The molecule has 0 aromatic carbocycles. The van der Waals surface area contributed by atoms with Crippen LogP contribution in [0.15, 0.2) is 12.7 Å². The molecule has 2 N–H and O–H groups in total. The van der Waals surface area contributed by atoms with E-state index in [-0.39, 0.29) is 40.8 Å². The molecule has 0 radical (unpaired) electrons. The number of allylic oxidation sites excluding steroid dienone is 1. The van der Waals surface area contributed by atoms with E-state index in [0.29, 0.717) is 31.7 Å². The summed E-state index contributed by atoms with van der Waals surface area (Å²) in [5.74, 6) is -0.0384. The van der Waals surface area contributed by atoms with Crippen molar-refractivity contribution in [2.75, 3.05) is 19.6 Å². The normalized spacial score (nSPS) is 49.6. The number of imide groups is 1. The average molecular weight is 501 g/mol. The zero-order valence-electron chi connectivity index (χ0n) is 22.4. The second-order valence-corrected chi connectivity index (χ2v) is 13.3. The summed E-state index contributed by atoms with van der Waals surface area (Å²) in [7, 11) is 0. The van der Waals surface area contributed by atoms with Gasteiger partial charge in [-0.1, -0.05) is 33.8 Å². The molecular weight excluding hydrogens is 456 g/mol. The van der Waals surface area contributed by atoms with Gasteiger partial charge in [0.25, 0.3) is 0 Å². The van der Waals surface area contributed by atoms with Gasteiger partial charge in [-0.15, -0.1) is 6.58 Å². The van der Waals surface area contributed by atoms with E-state index in [9.17, 15) is 19.5 Å². The number of nitrogens with zero attached hydrogens (tertiary/aromatic N) is 1. The third kappa shape index (κ3) is 3.71. The van der Waals surface area contributed by atoms with E-state index in [1.165, 1.54) is 0 Å². The average Bonchev–Trinajstić information content (AvgIpc) is 3.55. The number of carbonyl (C=O) groups excluding carboxylic acids is 3. The van der Waals surface area contributed by atoms with Gasteiger partial charge < -0.3 is 14.7 Å². The van der Waals surface area contributed by atoms with Gasteiger partial charge in [-0.05, 0) is 68.2 Å². The van der Waals surface area contributed by atoms with Crippen LogP contribution in [0.25, 0.3) is 0 Å². The van der Waals surface area contributed by atoms with E-state index in [1.807, 2.05) is 6.08 Å². The highest BCUT2D eigenvalue weighted by Gasteiger charge is 2.68. The Kier molecular flexibility index (Phi) is 6.43. The minimum absolute atomic E-state index is 0.0464. The number of nitrogens with one attached hydrogen (secondary N) is 1. The molecule has 2 amide bonds. The molecule has 4 bridgehead atoms.